The number of halogens is 1. The second-order valence-electron chi connectivity index (χ2n) is 1.66. The molecule has 1 aromatic heterocycles. The Labute approximate surface area is 77.4 Å². The maximum absolute atomic E-state index is 4.23. The van der Waals surface area contributed by atoms with Crippen LogP contribution in [0.1, 0.15) is 11.8 Å². The first kappa shape index (κ1) is 8.56. The van der Waals surface area contributed by atoms with Gasteiger partial charge in [-0.1, -0.05) is 34.6 Å². The molecule has 0 saturated heterocycles. The number of nitrogens with zero attached hydrogens (tertiary/aromatic N) is 1. The quantitative estimate of drug-likeness (QED) is 0.592. The van der Waals surface area contributed by atoms with Crippen LogP contribution in [0, 0.1) is 0 Å². The van der Waals surface area contributed by atoms with Crippen molar-refractivity contribution in [1.82, 2.24) is 4.98 Å². The molecule has 0 unspecified atom stereocenters. The third-order valence-corrected chi connectivity index (χ3v) is 3.94. The molecule has 0 aromatic carbocycles. The van der Waals surface area contributed by atoms with Crippen LogP contribution in [-0.4, -0.2) is 10.7 Å². The van der Waals surface area contributed by atoms with Crippen molar-refractivity contribution in [2.45, 2.75) is 16.6 Å². The minimum Gasteiger partial charge on any atom is -0.238 e. The van der Waals surface area contributed by atoms with E-state index >= 15 is 0 Å². The zero-order valence-electron chi connectivity index (χ0n) is 5.63. The largest absolute Gasteiger partial charge is 0.238 e. The fourth-order valence-corrected chi connectivity index (χ4v) is 2.80. The van der Waals surface area contributed by atoms with E-state index in [1.807, 2.05) is 6.20 Å². The predicted octanol–water partition coefficient (Wildman–Crippen LogP) is 3.15. The van der Waals surface area contributed by atoms with Crippen molar-refractivity contribution in [1.29, 1.82) is 0 Å². The third kappa shape index (κ3) is 2.25. The fourth-order valence-electron chi connectivity index (χ4n) is 0.542. The molecule has 0 fully saturated rings. The minimum absolute atomic E-state index is 0.926. The van der Waals surface area contributed by atoms with Crippen molar-refractivity contribution < 1.29 is 0 Å². The smallest absolute Gasteiger partial charge is 0.150 e. The summed E-state index contributed by atoms with van der Waals surface area (Å²) in [5.74, 6) is 1.11. The van der Waals surface area contributed by atoms with Crippen LogP contribution in [0.3, 0.4) is 0 Å². The predicted molar refractivity (Wildman–Crippen MR) is 51.1 cm³/mol. The number of thioether (sulfide) groups is 1. The highest BCUT2D eigenvalue weighted by Gasteiger charge is 1.98. The van der Waals surface area contributed by atoms with Gasteiger partial charge in [-0.05, 0) is 5.75 Å². The van der Waals surface area contributed by atoms with Crippen LogP contribution < -0.4 is 0 Å². The highest BCUT2D eigenvalue weighted by Crippen LogP contribution is 2.24. The van der Waals surface area contributed by atoms with Crippen LogP contribution in [-0.2, 0) is 5.33 Å². The fraction of sp³-hybridized carbons (Fsp3) is 0.500. The average Bonchev–Trinajstić information content (AvgIpc) is 2.37. The van der Waals surface area contributed by atoms with Gasteiger partial charge < -0.3 is 0 Å². The molecule has 1 aromatic rings. The first-order valence-electron chi connectivity index (χ1n) is 3.00. The summed E-state index contributed by atoms with van der Waals surface area (Å²) in [4.78, 5) is 5.53. The third-order valence-electron chi connectivity index (χ3n) is 0.932. The van der Waals surface area contributed by atoms with Crippen molar-refractivity contribution in [2.24, 2.45) is 0 Å². The van der Waals surface area contributed by atoms with Gasteiger partial charge in [0.15, 0.2) is 0 Å². The van der Waals surface area contributed by atoms with Gasteiger partial charge in [0.1, 0.15) is 4.34 Å². The summed E-state index contributed by atoms with van der Waals surface area (Å²) in [6.45, 7) is 2.14. The SMILES string of the molecule is CCSc1ncc(CBr)s1. The van der Waals surface area contributed by atoms with E-state index in [0.717, 1.165) is 11.1 Å². The summed E-state index contributed by atoms with van der Waals surface area (Å²) in [5.41, 5.74) is 0. The topological polar surface area (TPSA) is 12.9 Å². The van der Waals surface area contributed by atoms with Gasteiger partial charge in [0.25, 0.3) is 0 Å². The molecule has 1 nitrogen and oxygen atoms in total. The molecule has 0 N–H and O–H groups in total. The Morgan fingerprint density at radius 1 is 1.80 bits per heavy atom. The zero-order valence-corrected chi connectivity index (χ0v) is 8.85. The van der Waals surface area contributed by atoms with E-state index < -0.39 is 0 Å². The monoisotopic (exact) mass is 237 g/mol. The molecule has 0 atom stereocenters. The maximum Gasteiger partial charge on any atom is 0.150 e. The molecule has 0 bridgehead atoms. The molecule has 1 rings (SSSR count). The molecule has 56 valence electrons. The number of thiazole rings is 1. The van der Waals surface area contributed by atoms with E-state index in [9.17, 15) is 0 Å². The Kier molecular flexibility index (Phi) is 3.73. The summed E-state index contributed by atoms with van der Waals surface area (Å²) in [6.07, 6.45) is 1.93. The van der Waals surface area contributed by atoms with Gasteiger partial charge >= 0.3 is 0 Å². The molecule has 0 radical (unpaired) electrons. The summed E-state index contributed by atoms with van der Waals surface area (Å²) in [5, 5.41) is 0.926. The highest BCUT2D eigenvalue weighted by molar-refractivity contribution is 9.08. The minimum atomic E-state index is 0.926. The Morgan fingerprint density at radius 2 is 2.60 bits per heavy atom. The molecule has 0 spiro atoms. The molecular weight excluding hydrogens is 230 g/mol. The second-order valence-corrected chi connectivity index (χ2v) is 4.85. The van der Waals surface area contributed by atoms with Crippen LogP contribution in [0.15, 0.2) is 10.5 Å². The van der Waals surface area contributed by atoms with Crippen LogP contribution in [0.5, 0.6) is 0 Å². The average molecular weight is 238 g/mol. The van der Waals surface area contributed by atoms with Gasteiger partial charge in [-0.25, -0.2) is 4.98 Å². The maximum atomic E-state index is 4.23. The number of aromatic nitrogens is 1. The Morgan fingerprint density at radius 3 is 3.10 bits per heavy atom. The highest BCUT2D eigenvalue weighted by atomic mass is 79.9. The molecule has 0 saturated carbocycles. The van der Waals surface area contributed by atoms with Crippen molar-refractivity contribution in [3.8, 4) is 0 Å². The lowest BCUT2D eigenvalue weighted by molar-refractivity contribution is 1.24. The Balaban J connectivity index is 2.59. The molecule has 0 amide bonds. The van der Waals surface area contributed by atoms with Crippen LogP contribution in [0.25, 0.3) is 0 Å². The number of rotatable bonds is 3. The van der Waals surface area contributed by atoms with Crippen LogP contribution in [0.2, 0.25) is 0 Å². The van der Waals surface area contributed by atoms with E-state index in [-0.39, 0.29) is 0 Å². The molecule has 0 aliphatic heterocycles. The van der Waals surface area contributed by atoms with Gasteiger partial charge in [0.2, 0.25) is 0 Å². The first-order chi connectivity index (χ1) is 4.86. The van der Waals surface area contributed by atoms with Crippen molar-refractivity contribution >= 4 is 39.0 Å². The first-order valence-corrected chi connectivity index (χ1v) is 5.92. The van der Waals surface area contributed by atoms with Crippen molar-refractivity contribution in [3.05, 3.63) is 11.1 Å². The molecule has 10 heavy (non-hydrogen) atoms. The second kappa shape index (κ2) is 4.36. The molecule has 1 heterocycles. The number of hydrogen-bond acceptors (Lipinski definition) is 3. The molecule has 0 aliphatic carbocycles. The standard InChI is InChI=1S/C6H8BrNS2/c1-2-9-6-8-4-5(3-7)10-6/h4H,2-3H2,1H3. The molecular formula is C6H8BrNS2. The van der Waals surface area contributed by atoms with Gasteiger partial charge in [-0.2, -0.15) is 0 Å². The summed E-state index contributed by atoms with van der Waals surface area (Å²) < 4.78 is 1.18. The zero-order chi connectivity index (χ0) is 7.40. The van der Waals surface area contributed by atoms with E-state index in [4.69, 9.17) is 0 Å². The van der Waals surface area contributed by atoms with E-state index in [1.54, 1.807) is 23.1 Å². The summed E-state index contributed by atoms with van der Waals surface area (Å²) in [6, 6.07) is 0. The van der Waals surface area contributed by atoms with Crippen LogP contribution >= 0.6 is 39.0 Å². The number of hydrogen-bond donors (Lipinski definition) is 0. The van der Waals surface area contributed by atoms with Crippen LogP contribution in [0.4, 0.5) is 0 Å². The van der Waals surface area contributed by atoms with Gasteiger partial charge in [0, 0.05) is 16.4 Å². The van der Waals surface area contributed by atoms with Crippen molar-refractivity contribution in [2.75, 3.05) is 5.75 Å². The van der Waals surface area contributed by atoms with Crippen molar-refractivity contribution in [3.63, 3.8) is 0 Å². The summed E-state index contributed by atoms with van der Waals surface area (Å²) in [7, 11) is 0. The van der Waals surface area contributed by atoms with E-state index in [1.165, 1.54) is 9.22 Å². The lowest BCUT2D eigenvalue weighted by Crippen LogP contribution is -1.65. The molecule has 0 aliphatic rings. The lowest BCUT2D eigenvalue weighted by Gasteiger charge is -1.85. The summed E-state index contributed by atoms with van der Waals surface area (Å²) >= 11 is 6.94. The van der Waals surface area contributed by atoms with Gasteiger partial charge in [0.05, 0.1) is 0 Å². The lowest BCUT2D eigenvalue weighted by atomic mass is 10.7. The Hall–Kier alpha value is 0.460. The number of alkyl halides is 1. The van der Waals surface area contributed by atoms with Gasteiger partial charge in [-0.15, -0.1) is 11.3 Å². The van der Waals surface area contributed by atoms with Gasteiger partial charge in [-0.3, -0.25) is 0 Å². The molecule has 4 heteroatoms. The Bertz CT molecular complexity index is 199. The normalized spacial score (nSPS) is 10.2. The van der Waals surface area contributed by atoms with E-state index in [2.05, 4.69) is 27.8 Å². The van der Waals surface area contributed by atoms with E-state index in [0.29, 0.717) is 0 Å².